The third-order valence-electron chi connectivity index (χ3n) is 5.98. The summed E-state index contributed by atoms with van der Waals surface area (Å²) in [6.07, 6.45) is 4.63. The number of aromatic nitrogens is 3. The van der Waals surface area contributed by atoms with E-state index in [1.165, 1.54) is 5.56 Å². The van der Waals surface area contributed by atoms with Gasteiger partial charge in [-0.1, -0.05) is 30.3 Å². The van der Waals surface area contributed by atoms with Crippen LogP contribution in [-0.4, -0.2) is 38.1 Å². The average Bonchev–Trinajstić information content (AvgIpc) is 3.37. The first-order valence-electron chi connectivity index (χ1n) is 10.2. The Morgan fingerprint density at radius 3 is 2.72 bits per heavy atom. The monoisotopic (exact) mass is 392 g/mol. The van der Waals surface area contributed by atoms with Crippen LogP contribution >= 0.6 is 0 Å². The van der Waals surface area contributed by atoms with Crippen molar-refractivity contribution in [2.75, 3.05) is 12.3 Å². The van der Waals surface area contributed by atoms with Gasteiger partial charge in [0.1, 0.15) is 5.52 Å². The first kappa shape index (κ1) is 19.2. The molecule has 0 saturated heterocycles. The van der Waals surface area contributed by atoms with Gasteiger partial charge in [-0.3, -0.25) is 0 Å². The molecule has 1 aliphatic carbocycles. The van der Waals surface area contributed by atoms with E-state index in [0.29, 0.717) is 18.3 Å². The number of fused-ring (bicyclic) bond motifs is 1. The summed E-state index contributed by atoms with van der Waals surface area (Å²) in [7, 11) is 0. The van der Waals surface area contributed by atoms with Gasteiger partial charge >= 0.3 is 6.03 Å². The Morgan fingerprint density at radius 2 is 2.00 bits per heavy atom. The number of rotatable bonds is 7. The van der Waals surface area contributed by atoms with Gasteiger partial charge in [0.25, 0.3) is 0 Å². The zero-order valence-electron chi connectivity index (χ0n) is 17.0. The van der Waals surface area contributed by atoms with Gasteiger partial charge in [-0.2, -0.15) is 0 Å². The third kappa shape index (κ3) is 3.77. The number of nitrogens with zero attached hydrogens (tertiary/aromatic N) is 4. The number of pyridine rings is 1. The first-order valence-corrected chi connectivity index (χ1v) is 10.2. The summed E-state index contributed by atoms with van der Waals surface area (Å²) in [5.74, 6) is 0.879. The number of nitrogen functional groups attached to an aromatic ring is 1. The van der Waals surface area contributed by atoms with Crippen LogP contribution in [0.25, 0.3) is 11.0 Å². The molecular weight excluding hydrogens is 364 g/mol. The molecule has 4 rings (SSSR count). The average molecular weight is 393 g/mol. The number of unbranched alkanes of at least 4 members (excludes halogenated alkanes) is 1. The van der Waals surface area contributed by atoms with Crippen LogP contribution in [0, 0.1) is 13.8 Å². The Kier molecular flexibility index (Phi) is 5.13. The molecule has 1 fully saturated rings. The number of nitrogens with two attached hydrogens (primary N) is 2. The fraction of sp³-hybridized carbons (Fsp3) is 0.409. The molecule has 1 saturated carbocycles. The Morgan fingerprint density at radius 1 is 1.24 bits per heavy atom. The summed E-state index contributed by atoms with van der Waals surface area (Å²) in [5, 5.41) is 0. The molecule has 152 valence electrons. The first-order chi connectivity index (χ1) is 14.0. The molecule has 0 radical (unpaired) electrons. The van der Waals surface area contributed by atoms with Crippen LogP contribution in [0.1, 0.15) is 42.0 Å². The lowest BCUT2D eigenvalue weighted by atomic mass is 10.1. The number of carbonyl (C=O) groups excluding carboxylic acids is 1. The second kappa shape index (κ2) is 7.73. The predicted molar refractivity (Wildman–Crippen MR) is 115 cm³/mol. The molecule has 3 aromatic rings. The van der Waals surface area contributed by atoms with Crippen LogP contribution in [0.2, 0.25) is 0 Å². The van der Waals surface area contributed by atoms with E-state index >= 15 is 0 Å². The topological polar surface area (TPSA) is 103 Å². The van der Waals surface area contributed by atoms with Crippen LogP contribution in [0.15, 0.2) is 36.7 Å². The lowest BCUT2D eigenvalue weighted by molar-refractivity contribution is 0.202. The van der Waals surface area contributed by atoms with Crippen molar-refractivity contribution >= 4 is 22.9 Å². The van der Waals surface area contributed by atoms with Crippen molar-refractivity contribution in [3.63, 3.8) is 0 Å². The molecule has 0 bridgehead atoms. The van der Waals surface area contributed by atoms with Crippen molar-refractivity contribution < 1.29 is 4.79 Å². The highest BCUT2D eigenvalue weighted by molar-refractivity contribution is 5.88. The Bertz CT molecular complexity index is 1030. The minimum Gasteiger partial charge on any atom is -0.382 e. The minimum atomic E-state index is -0.327. The summed E-state index contributed by atoms with van der Waals surface area (Å²) in [4.78, 5) is 22.6. The van der Waals surface area contributed by atoms with Gasteiger partial charge in [0.05, 0.1) is 11.8 Å². The minimum absolute atomic E-state index is 0.222. The number of urea groups is 1. The van der Waals surface area contributed by atoms with Gasteiger partial charge < -0.3 is 20.9 Å². The quantitative estimate of drug-likeness (QED) is 0.602. The van der Waals surface area contributed by atoms with E-state index in [2.05, 4.69) is 26.7 Å². The molecule has 29 heavy (non-hydrogen) atoms. The SMILES string of the molecule is Cc1nc(N)c2ncn(CCCCN(C(N)=O)[C@@H]3C[C@H]3c3ccccc3)c2c1C. The summed E-state index contributed by atoms with van der Waals surface area (Å²) in [6.45, 7) is 5.51. The van der Waals surface area contributed by atoms with Crippen LogP contribution in [-0.2, 0) is 6.54 Å². The van der Waals surface area contributed by atoms with Gasteiger partial charge in [0, 0.05) is 30.7 Å². The Hall–Kier alpha value is -3.09. The van der Waals surface area contributed by atoms with Crippen LogP contribution in [0.4, 0.5) is 10.6 Å². The molecule has 2 atom stereocenters. The molecule has 1 aromatic carbocycles. The van der Waals surface area contributed by atoms with Gasteiger partial charge in [-0.25, -0.2) is 14.8 Å². The second-order valence-electron chi connectivity index (χ2n) is 7.90. The van der Waals surface area contributed by atoms with Gasteiger partial charge in [0.2, 0.25) is 0 Å². The van der Waals surface area contributed by atoms with E-state index in [9.17, 15) is 4.79 Å². The van der Waals surface area contributed by atoms with Gasteiger partial charge in [0.15, 0.2) is 5.82 Å². The van der Waals surface area contributed by atoms with Gasteiger partial charge in [-0.15, -0.1) is 0 Å². The number of imidazole rings is 1. The zero-order valence-corrected chi connectivity index (χ0v) is 17.0. The Balaban J connectivity index is 1.36. The van der Waals surface area contributed by atoms with E-state index < -0.39 is 0 Å². The highest BCUT2D eigenvalue weighted by atomic mass is 16.2. The maximum Gasteiger partial charge on any atom is 0.315 e. The summed E-state index contributed by atoms with van der Waals surface area (Å²) in [5.41, 5.74) is 16.8. The number of hydrogen-bond acceptors (Lipinski definition) is 4. The van der Waals surface area contributed by atoms with E-state index in [1.54, 1.807) is 0 Å². The van der Waals surface area contributed by atoms with Crippen molar-refractivity contribution in [3.8, 4) is 0 Å². The van der Waals surface area contributed by atoms with E-state index in [4.69, 9.17) is 11.5 Å². The van der Waals surface area contributed by atoms with Crippen molar-refractivity contribution in [1.29, 1.82) is 0 Å². The molecular formula is C22H28N6O. The van der Waals surface area contributed by atoms with Crippen molar-refractivity contribution in [2.24, 2.45) is 5.73 Å². The highest BCUT2D eigenvalue weighted by Crippen LogP contribution is 2.44. The second-order valence-corrected chi connectivity index (χ2v) is 7.90. The number of aryl methyl sites for hydroxylation is 3. The smallest absolute Gasteiger partial charge is 0.315 e. The number of anilines is 1. The molecule has 2 amide bonds. The maximum absolute atomic E-state index is 12.0. The number of primary amides is 1. The highest BCUT2D eigenvalue weighted by Gasteiger charge is 2.43. The fourth-order valence-electron chi connectivity index (χ4n) is 4.21. The summed E-state index contributed by atoms with van der Waals surface area (Å²) < 4.78 is 2.13. The molecule has 7 nitrogen and oxygen atoms in total. The molecule has 4 N–H and O–H groups in total. The molecule has 0 aliphatic heterocycles. The van der Waals surface area contributed by atoms with Crippen molar-refractivity contribution in [3.05, 3.63) is 53.5 Å². The van der Waals surface area contributed by atoms with Crippen LogP contribution in [0.3, 0.4) is 0 Å². The lowest BCUT2D eigenvalue weighted by Crippen LogP contribution is -2.39. The molecule has 7 heteroatoms. The predicted octanol–water partition coefficient (Wildman–Crippen LogP) is 3.35. The third-order valence-corrected chi connectivity index (χ3v) is 5.98. The molecule has 0 spiro atoms. The number of hydrogen-bond donors (Lipinski definition) is 2. The van der Waals surface area contributed by atoms with Crippen LogP contribution in [0.5, 0.6) is 0 Å². The molecule has 2 heterocycles. The summed E-state index contributed by atoms with van der Waals surface area (Å²) >= 11 is 0. The van der Waals surface area contributed by atoms with E-state index in [0.717, 1.165) is 48.1 Å². The molecule has 0 unspecified atom stereocenters. The normalized spacial score (nSPS) is 18.1. The largest absolute Gasteiger partial charge is 0.382 e. The van der Waals surface area contributed by atoms with Gasteiger partial charge in [-0.05, 0) is 44.2 Å². The number of benzene rings is 1. The number of amides is 2. The Labute approximate surface area is 170 Å². The van der Waals surface area contributed by atoms with E-state index in [-0.39, 0.29) is 12.1 Å². The fourth-order valence-corrected chi connectivity index (χ4v) is 4.21. The maximum atomic E-state index is 12.0. The lowest BCUT2D eigenvalue weighted by Gasteiger charge is -2.21. The number of carbonyl (C=O) groups is 1. The van der Waals surface area contributed by atoms with Crippen LogP contribution < -0.4 is 11.5 Å². The van der Waals surface area contributed by atoms with Crippen molar-refractivity contribution in [1.82, 2.24) is 19.4 Å². The molecule has 1 aliphatic rings. The van der Waals surface area contributed by atoms with Crippen molar-refractivity contribution in [2.45, 2.75) is 51.6 Å². The zero-order chi connectivity index (χ0) is 20.5. The summed E-state index contributed by atoms with van der Waals surface area (Å²) in [6, 6.07) is 10.2. The molecule has 2 aromatic heterocycles. The van der Waals surface area contributed by atoms with E-state index in [1.807, 2.05) is 43.3 Å². The standard InChI is InChI=1S/C22H28N6O/c1-14-15(2)26-21(23)19-20(14)27(13-25-19)10-6-7-11-28(22(24)29)18-12-17(18)16-8-4-3-5-9-16/h3-5,8-9,13,17-18H,6-7,10-12H2,1-2H3,(H2,23,26)(H2,24,29)/t17-,18+/m0/s1.